The molecule has 0 unspecified atom stereocenters. The van der Waals surface area contributed by atoms with Crippen LogP contribution in [-0.4, -0.2) is 4.98 Å². The lowest BCUT2D eigenvalue weighted by atomic mass is 9.71. The Morgan fingerprint density at radius 2 is 1.76 bits per heavy atom. The Hall–Kier alpha value is -1.24. The number of aromatic nitrogens is 1. The molecule has 1 heteroatoms. The second-order valence-electron chi connectivity index (χ2n) is 8.69. The van der Waals surface area contributed by atoms with E-state index in [2.05, 4.69) is 64.0 Å². The summed E-state index contributed by atoms with van der Waals surface area (Å²) >= 11 is 0. The van der Waals surface area contributed by atoms with E-state index in [1.807, 2.05) is 0 Å². The van der Waals surface area contributed by atoms with Gasteiger partial charge in [0.1, 0.15) is 0 Å². The molecule has 1 heterocycles. The maximum absolute atomic E-state index is 3.48. The zero-order chi connectivity index (χ0) is 15.3. The van der Waals surface area contributed by atoms with Crippen molar-refractivity contribution in [3.63, 3.8) is 0 Å². The van der Waals surface area contributed by atoms with E-state index in [-0.39, 0.29) is 5.41 Å². The Morgan fingerprint density at radius 3 is 2.38 bits per heavy atom. The zero-order valence-electron chi connectivity index (χ0n) is 14.2. The van der Waals surface area contributed by atoms with Crippen molar-refractivity contribution in [2.75, 3.05) is 0 Å². The largest absolute Gasteiger partial charge is 0.361 e. The van der Waals surface area contributed by atoms with Crippen LogP contribution in [0.5, 0.6) is 0 Å². The summed E-state index contributed by atoms with van der Waals surface area (Å²) in [4.78, 5) is 3.48. The van der Waals surface area contributed by atoms with Gasteiger partial charge >= 0.3 is 0 Å². The first-order valence-corrected chi connectivity index (χ1v) is 8.38. The summed E-state index contributed by atoms with van der Waals surface area (Å²) in [6, 6.07) is 6.94. The third-order valence-electron chi connectivity index (χ3n) is 5.36. The molecule has 21 heavy (non-hydrogen) atoms. The molecule has 2 aromatic rings. The molecule has 1 nitrogen and oxygen atoms in total. The van der Waals surface area contributed by atoms with Gasteiger partial charge in [0.05, 0.1) is 0 Å². The van der Waals surface area contributed by atoms with Crippen LogP contribution < -0.4 is 0 Å². The van der Waals surface area contributed by atoms with E-state index in [0.29, 0.717) is 5.41 Å². The molecule has 1 fully saturated rings. The maximum Gasteiger partial charge on any atom is 0.0457 e. The van der Waals surface area contributed by atoms with Crippen LogP contribution in [-0.2, 0) is 5.41 Å². The Kier molecular flexibility index (Phi) is 3.43. The molecule has 1 N–H and O–H groups in total. The van der Waals surface area contributed by atoms with Gasteiger partial charge in [0.15, 0.2) is 0 Å². The summed E-state index contributed by atoms with van der Waals surface area (Å²) < 4.78 is 0. The lowest BCUT2D eigenvalue weighted by molar-refractivity contribution is 0.225. The van der Waals surface area contributed by atoms with Crippen molar-refractivity contribution in [3.8, 4) is 0 Å². The first-order chi connectivity index (χ1) is 9.76. The van der Waals surface area contributed by atoms with Crippen LogP contribution in [0, 0.1) is 5.41 Å². The van der Waals surface area contributed by atoms with Crippen LogP contribution in [0.3, 0.4) is 0 Å². The molecular formula is C20H29N. The molecule has 0 amide bonds. The molecule has 0 bridgehead atoms. The zero-order valence-corrected chi connectivity index (χ0v) is 14.2. The Bertz CT molecular complexity index is 629. The van der Waals surface area contributed by atoms with Gasteiger partial charge in [0, 0.05) is 17.1 Å². The van der Waals surface area contributed by atoms with Crippen LogP contribution >= 0.6 is 0 Å². The van der Waals surface area contributed by atoms with Gasteiger partial charge in [0.2, 0.25) is 0 Å². The second kappa shape index (κ2) is 4.90. The minimum atomic E-state index is 0.220. The van der Waals surface area contributed by atoms with Gasteiger partial charge in [-0.15, -0.1) is 0 Å². The quantitative estimate of drug-likeness (QED) is 0.646. The second-order valence-corrected chi connectivity index (χ2v) is 8.69. The van der Waals surface area contributed by atoms with E-state index in [4.69, 9.17) is 0 Å². The number of benzene rings is 1. The number of H-pyrrole nitrogens is 1. The van der Waals surface area contributed by atoms with Crippen LogP contribution in [0.2, 0.25) is 0 Å². The highest BCUT2D eigenvalue weighted by Crippen LogP contribution is 2.44. The topological polar surface area (TPSA) is 15.8 Å². The molecule has 1 aliphatic carbocycles. The molecule has 1 aliphatic rings. The molecule has 0 atom stereocenters. The lowest BCUT2D eigenvalue weighted by Gasteiger charge is -2.34. The van der Waals surface area contributed by atoms with E-state index in [1.54, 1.807) is 5.56 Å². The molecule has 0 aliphatic heterocycles. The molecule has 1 saturated carbocycles. The van der Waals surface area contributed by atoms with Gasteiger partial charge in [-0.25, -0.2) is 0 Å². The fourth-order valence-corrected chi connectivity index (χ4v) is 3.66. The first-order valence-electron chi connectivity index (χ1n) is 8.38. The summed E-state index contributed by atoms with van der Waals surface area (Å²) in [7, 11) is 0. The summed E-state index contributed by atoms with van der Waals surface area (Å²) in [6.07, 6.45) is 7.63. The highest BCUT2D eigenvalue weighted by molar-refractivity contribution is 5.84. The van der Waals surface area contributed by atoms with Crippen LogP contribution in [0.1, 0.15) is 77.3 Å². The third-order valence-corrected chi connectivity index (χ3v) is 5.36. The molecule has 0 radical (unpaired) electrons. The molecule has 0 spiro atoms. The van der Waals surface area contributed by atoms with Crippen molar-refractivity contribution in [3.05, 3.63) is 35.5 Å². The number of nitrogens with one attached hydrogen (secondary N) is 1. The summed E-state index contributed by atoms with van der Waals surface area (Å²) in [6.45, 7) is 11.7. The number of hydrogen-bond donors (Lipinski definition) is 1. The smallest absolute Gasteiger partial charge is 0.0457 e. The SMILES string of the molecule is CC1(C)CCC(c2c[nH]c3ccc(C(C)(C)C)cc23)CC1. The molecule has 0 saturated heterocycles. The van der Waals surface area contributed by atoms with Gasteiger partial charge in [-0.1, -0.05) is 40.7 Å². The standard InChI is InChI=1S/C20H29N/c1-19(2,3)15-6-7-18-16(12-15)17(13-21-18)14-8-10-20(4,5)11-9-14/h6-7,12-14,21H,8-11H2,1-5H3. The van der Waals surface area contributed by atoms with Crippen molar-refractivity contribution in [1.82, 2.24) is 4.98 Å². The molecule has 1 aromatic heterocycles. The third kappa shape index (κ3) is 2.88. The van der Waals surface area contributed by atoms with Gasteiger partial charge < -0.3 is 4.98 Å². The Labute approximate surface area is 129 Å². The highest BCUT2D eigenvalue weighted by atomic mass is 14.7. The lowest BCUT2D eigenvalue weighted by Crippen LogP contribution is -2.20. The number of fused-ring (bicyclic) bond motifs is 1. The Morgan fingerprint density at radius 1 is 1.10 bits per heavy atom. The molecule has 114 valence electrons. The molecular weight excluding hydrogens is 254 g/mol. The van der Waals surface area contributed by atoms with Gasteiger partial charge in [0.25, 0.3) is 0 Å². The normalized spacial score (nSPS) is 20.0. The molecule has 3 rings (SSSR count). The minimum Gasteiger partial charge on any atom is -0.361 e. The van der Waals surface area contributed by atoms with Crippen molar-refractivity contribution < 1.29 is 0 Å². The van der Waals surface area contributed by atoms with Gasteiger partial charge in [-0.3, -0.25) is 0 Å². The van der Waals surface area contributed by atoms with Crippen LogP contribution in [0.4, 0.5) is 0 Å². The maximum atomic E-state index is 3.48. The van der Waals surface area contributed by atoms with Crippen LogP contribution in [0.15, 0.2) is 24.4 Å². The average molecular weight is 283 g/mol. The highest BCUT2D eigenvalue weighted by Gasteiger charge is 2.29. The predicted octanol–water partition coefficient (Wildman–Crippen LogP) is 6.15. The van der Waals surface area contributed by atoms with Crippen molar-refractivity contribution >= 4 is 10.9 Å². The fraction of sp³-hybridized carbons (Fsp3) is 0.600. The van der Waals surface area contributed by atoms with Crippen LogP contribution in [0.25, 0.3) is 10.9 Å². The number of hydrogen-bond acceptors (Lipinski definition) is 0. The number of aromatic amines is 1. The monoisotopic (exact) mass is 283 g/mol. The van der Waals surface area contributed by atoms with Gasteiger partial charge in [-0.05, 0) is 65.7 Å². The summed E-state index contributed by atoms with van der Waals surface area (Å²) in [5, 5.41) is 1.45. The van der Waals surface area contributed by atoms with Gasteiger partial charge in [-0.2, -0.15) is 0 Å². The van der Waals surface area contributed by atoms with E-state index < -0.39 is 0 Å². The van der Waals surface area contributed by atoms with E-state index in [9.17, 15) is 0 Å². The average Bonchev–Trinajstić information content (AvgIpc) is 2.81. The van der Waals surface area contributed by atoms with E-state index in [0.717, 1.165) is 5.92 Å². The fourth-order valence-electron chi connectivity index (χ4n) is 3.66. The minimum absolute atomic E-state index is 0.220. The first kappa shape index (κ1) is 14.7. The van der Waals surface area contributed by atoms with E-state index in [1.165, 1.54) is 42.1 Å². The summed E-state index contributed by atoms with van der Waals surface area (Å²) in [5.41, 5.74) is 5.04. The number of rotatable bonds is 1. The van der Waals surface area contributed by atoms with Crippen molar-refractivity contribution in [2.24, 2.45) is 5.41 Å². The van der Waals surface area contributed by atoms with E-state index >= 15 is 0 Å². The Balaban J connectivity index is 1.96. The van der Waals surface area contributed by atoms with Crippen molar-refractivity contribution in [1.29, 1.82) is 0 Å². The predicted molar refractivity (Wildman–Crippen MR) is 92.0 cm³/mol. The molecule has 1 aromatic carbocycles. The summed E-state index contributed by atoms with van der Waals surface area (Å²) in [5.74, 6) is 0.738. The van der Waals surface area contributed by atoms with Crippen molar-refractivity contribution in [2.45, 2.75) is 71.6 Å².